The number of hydrogen-bond donors (Lipinski definition) is 1. The van der Waals surface area contributed by atoms with Gasteiger partial charge in [0.2, 0.25) is 0 Å². The van der Waals surface area contributed by atoms with Crippen LogP contribution >= 0.6 is 0 Å². The highest BCUT2D eigenvalue weighted by molar-refractivity contribution is 5.33. The fraction of sp³-hybridized carbons (Fsp3) is 0.438. The van der Waals surface area contributed by atoms with E-state index < -0.39 is 0 Å². The maximum Gasteiger partial charge on any atom is 0.0319 e. The monoisotopic (exact) mass is 446 g/mol. The summed E-state index contributed by atoms with van der Waals surface area (Å²) in [5.74, 6) is 0. The molecule has 0 spiro atoms. The van der Waals surface area contributed by atoms with E-state index in [2.05, 4.69) is 126 Å². The Morgan fingerprint density at radius 2 is 0.848 bits per heavy atom. The smallest absolute Gasteiger partial charge is 0.0319 e. The van der Waals surface area contributed by atoms with E-state index in [0.29, 0.717) is 0 Å². The summed E-state index contributed by atoms with van der Waals surface area (Å²) in [5.41, 5.74) is 4.61. The number of benzene rings is 3. The van der Waals surface area contributed by atoms with Gasteiger partial charge in [-0.05, 0) is 52.2 Å². The summed E-state index contributed by atoms with van der Waals surface area (Å²) in [6, 6.07) is 33.2. The minimum atomic E-state index is 0.0706. The van der Waals surface area contributed by atoms with E-state index >= 15 is 0 Å². The van der Waals surface area contributed by atoms with Crippen molar-refractivity contribution in [2.45, 2.75) is 84.0 Å². The van der Waals surface area contributed by atoms with Crippen molar-refractivity contribution in [2.24, 2.45) is 0 Å². The third-order valence-corrected chi connectivity index (χ3v) is 6.89. The standard InChI is InChI=1S/C29H36.C2H6.CH4O/c1-6-28(4,25-18-12-8-13-19-25)23-29(5,26-20-14-9-15-21-26)22-27(2,3)24-16-10-7-11-17-24;2*1-2/h7-21H,6,22-23H2,1-5H3;1-2H3;2H,1H3. The Labute approximate surface area is 203 Å². The maximum absolute atomic E-state index is 7.00. The average molecular weight is 447 g/mol. The fourth-order valence-corrected chi connectivity index (χ4v) is 5.21. The Hall–Kier alpha value is -2.38. The van der Waals surface area contributed by atoms with E-state index in [-0.39, 0.29) is 16.2 Å². The second-order valence-corrected chi connectivity index (χ2v) is 9.81. The van der Waals surface area contributed by atoms with Gasteiger partial charge in [0, 0.05) is 7.11 Å². The van der Waals surface area contributed by atoms with E-state index in [4.69, 9.17) is 5.11 Å². The zero-order valence-corrected chi connectivity index (χ0v) is 22.2. The summed E-state index contributed by atoms with van der Waals surface area (Å²) in [6.45, 7) is 16.0. The van der Waals surface area contributed by atoms with Gasteiger partial charge in [0.1, 0.15) is 0 Å². The van der Waals surface area contributed by atoms with Crippen LogP contribution in [0.3, 0.4) is 0 Å². The lowest BCUT2D eigenvalue weighted by Crippen LogP contribution is -2.38. The molecule has 0 aliphatic heterocycles. The van der Waals surface area contributed by atoms with Crippen LogP contribution in [0.1, 0.15) is 84.4 Å². The molecule has 0 aliphatic carbocycles. The molecule has 2 atom stereocenters. The normalized spacial score (nSPS) is 14.5. The van der Waals surface area contributed by atoms with Gasteiger partial charge >= 0.3 is 0 Å². The van der Waals surface area contributed by atoms with Crippen LogP contribution in [0.15, 0.2) is 91.0 Å². The Balaban J connectivity index is 0.00000129. The SMILES string of the molecule is CC.CCC(C)(CC(C)(CC(C)(C)c1ccccc1)c1ccccc1)c1ccccc1.CO. The van der Waals surface area contributed by atoms with Gasteiger partial charge in [-0.2, -0.15) is 0 Å². The van der Waals surface area contributed by atoms with Gasteiger partial charge in [0.15, 0.2) is 0 Å². The molecule has 0 radical (unpaired) electrons. The van der Waals surface area contributed by atoms with Crippen molar-refractivity contribution in [3.8, 4) is 0 Å². The van der Waals surface area contributed by atoms with E-state index in [1.165, 1.54) is 16.7 Å². The fourth-order valence-electron chi connectivity index (χ4n) is 5.21. The van der Waals surface area contributed by atoms with Crippen LogP contribution in [-0.4, -0.2) is 12.2 Å². The molecular weight excluding hydrogens is 400 g/mol. The molecule has 0 saturated carbocycles. The first-order chi connectivity index (χ1) is 15.8. The summed E-state index contributed by atoms with van der Waals surface area (Å²) >= 11 is 0. The van der Waals surface area contributed by atoms with Crippen molar-refractivity contribution in [1.29, 1.82) is 0 Å². The second kappa shape index (κ2) is 13.4. The lowest BCUT2D eigenvalue weighted by molar-refractivity contribution is 0.241. The topological polar surface area (TPSA) is 20.2 Å². The van der Waals surface area contributed by atoms with E-state index in [1.807, 2.05) is 13.8 Å². The predicted molar refractivity (Wildman–Crippen MR) is 146 cm³/mol. The average Bonchev–Trinajstić information content (AvgIpc) is 2.87. The molecule has 180 valence electrons. The van der Waals surface area contributed by atoms with Gasteiger partial charge in [-0.15, -0.1) is 0 Å². The molecular formula is C32H46O. The molecule has 3 rings (SSSR count). The zero-order chi connectivity index (χ0) is 25.0. The van der Waals surface area contributed by atoms with Gasteiger partial charge in [-0.1, -0.05) is 139 Å². The first kappa shape index (κ1) is 28.7. The lowest BCUT2D eigenvalue weighted by atomic mass is 9.60. The molecule has 0 saturated heterocycles. The van der Waals surface area contributed by atoms with E-state index in [1.54, 1.807) is 0 Å². The molecule has 0 heterocycles. The van der Waals surface area contributed by atoms with Crippen molar-refractivity contribution in [2.75, 3.05) is 7.11 Å². The summed E-state index contributed by atoms with van der Waals surface area (Å²) in [4.78, 5) is 0. The first-order valence-electron chi connectivity index (χ1n) is 12.4. The van der Waals surface area contributed by atoms with Crippen molar-refractivity contribution in [3.63, 3.8) is 0 Å². The van der Waals surface area contributed by atoms with Crippen molar-refractivity contribution < 1.29 is 5.11 Å². The van der Waals surface area contributed by atoms with Gasteiger partial charge in [-0.3, -0.25) is 0 Å². The molecule has 3 aromatic rings. The highest BCUT2D eigenvalue weighted by atomic mass is 16.2. The predicted octanol–water partition coefficient (Wildman–Crippen LogP) is 8.70. The van der Waals surface area contributed by atoms with Gasteiger partial charge in [0.25, 0.3) is 0 Å². The van der Waals surface area contributed by atoms with E-state index in [0.717, 1.165) is 26.4 Å². The third-order valence-electron chi connectivity index (χ3n) is 6.89. The van der Waals surface area contributed by atoms with Gasteiger partial charge < -0.3 is 5.11 Å². The minimum absolute atomic E-state index is 0.0706. The molecule has 1 N–H and O–H groups in total. The Bertz CT molecular complexity index is 886. The summed E-state index contributed by atoms with van der Waals surface area (Å²) < 4.78 is 0. The van der Waals surface area contributed by atoms with Crippen LogP contribution in [0.25, 0.3) is 0 Å². The Kier molecular flexibility index (Phi) is 11.6. The molecule has 2 unspecified atom stereocenters. The van der Waals surface area contributed by atoms with Crippen LogP contribution < -0.4 is 0 Å². The number of aliphatic hydroxyl groups is 1. The third kappa shape index (κ3) is 7.57. The van der Waals surface area contributed by atoms with Crippen LogP contribution in [-0.2, 0) is 16.2 Å². The zero-order valence-electron chi connectivity index (χ0n) is 22.2. The van der Waals surface area contributed by atoms with Crippen molar-refractivity contribution in [3.05, 3.63) is 108 Å². The first-order valence-corrected chi connectivity index (χ1v) is 12.4. The van der Waals surface area contributed by atoms with Crippen LogP contribution in [0.4, 0.5) is 0 Å². The van der Waals surface area contributed by atoms with Crippen molar-refractivity contribution in [1.82, 2.24) is 0 Å². The molecule has 3 aromatic carbocycles. The Morgan fingerprint density at radius 1 is 0.515 bits per heavy atom. The van der Waals surface area contributed by atoms with E-state index in [9.17, 15) is 0 Å². The minimum Gasteiger partial charge on any atom is -0.400 e. The number of aliphatic hydroxyl groups excluding tert-OH is 1. The second-order valence-electron chi connectivity index (χ2n) is 9.81. The molecule has 0 aromatic heterocycles. The molecule has 1 heteroatoms. The largest absolute Gasteiger partial charge is 0.400 e. The molecule has 1 nitrogen and oxygen atoms in total. The summed E-state index contributed by atoms with van der Waals surface area (Å²) in [6.07, 6.45) is 3.36. The number of rotatable bonds is 8. The van der Waals surface area contributed by atoms with Crippen LogP contribution in [0.5, 0.6) is 0 Å². The summed E-state index contributed by atoms with van der Waals surface area (Å²) in [7, 11) is 1.00. The molecule has 0 bridgehead atoms. The number of hydrogen-bond acceptors (Lipinski definition) is 1. The summed E-state index contributed by atoms with van der Waals surface area (Å²) in [5, 5.41) is 7.00. The highest BCUT2D eigenvalue weighted by Gasteiger charge is 2.40. The van der Waals surface area contributed by atoms with Crippen molar-refractivity contribution >= 4 is 0 Å². The molecule has 33 heavy (non-hydrogen) atoms. The maximum atomic E-state index is 7.00. The lowest BCUT2D eigenvalue weighted by Gasteiger charge is -2.44. The highest BCUT2D eigenvalue weighted by Crippen LogP contribution is 2.47. The molecule has 0 amide bonds. The van der Waals surface area contributed by atoms with Gasteiger partial charge in [0.05, 0.1) is 0 Å². The Morgan fingerprint density at radius 3 is 1.21 bits per heavy atom. The molecule has 0 fully saturated rings. The van der Waals surface area contributed by atoms with Gasteiger partial charge in [-0.25, -0.2) is 0 Å². The van der Waals surface area contributed by atoms with Crippen LogP contribution in [0, 0.1) is 0 Å². The quantitative estimate of drug-likeness (QED) is 0.367. The van der Waals surface area contributed by atoms with Crippen LogP contribution in [0.2, 0.25) is 0 Å². The molecule has 0 aliphatic rings.